The van der Waals surface area contributed by atoms with Gasteiger partial charge in [-0.15, -0.1) is 0 Å². The summed E-state index contributed by atoms with van der Waals surface area (Å²) in [6.07, 6.45) is -0.177. The van der Waals surface area contributed by atoms with Crippen LogP contribution in [0.25, 0.3) is 0 Å². The van der Waals surface area contributed by atoms with Crippen molar-refractivity contribution < 1.29 is 24.1 Å². The Bertz CT molecular complexity index is 447. The van der Waals surface area contributed by atoms with Gasteiger partial charge in [0.05, 0.1) is 27.2 Å². The summed E-state index contributed by atoms with van der Waals surface area (Å²) >= 11 is 0. The Morgan fingerprint density at radius 1 is 1.26 bits per heavy atom. The van der Waals surface area contributed by atoms with Gasteiger partial charge in [0, 0.05) is 24.3 Å². The highest BCUT2D eigenvalue weighted by Crippen LogP contribution is 2.33. The average molecular weight is 269 g/mol. The molecule has 0 saturated carbocycles. The lowest BCUT2D eigenvalue weighted by Crippen LogP contribution is -2.16. The molecule has 19 heavy (non-hydrogen) atoms. The Hall–Kier alpha value is -1.79. The number of hydrogen-bond acceptors (Lipinski definition) is 5. The molecule has 0 amide bonds. The van der Waals surface area contributed by atoms with Gasteiger partial charge in [0.2, 0.25) is 0 Å². The summed E-state index contributed by atoms with van der Waals surface area (Å²) in [5.74, 6) is 0.162. The maximum Gasteiger partial charge on any atom is 0.305 e. The van der Waals surface area contributed by atoms with Crippen molar-refractivity contribution in [2.45, 2.75) is 19.1 Å². The molecule has 0 aliphatic heterocycles. The third kappa shape index (κ3) is 3.84. The molecule has 0 aliphatic carbocycles. The lowest BCUT2D eigenvalue weighted by atomic mass is 10.0. The molecule has 6 heteroatoms. The Labute approximate surface area is 112 Å². The molecule has 0 bridgehead atoms. The maximum absolute atomic E-state index is 10.7. The lowest BCUT2D eigenvalue weighted by Gasteiger charge is -2.18. The quantitative estimate of drug-likeness (QED) is 0.776. The van der Waals surface area contributed by atoms with Crippen LogP contribution in [0.5, 0.6) is 11.5 Å². The van der Waals surface area contributed by atoms with Gasteiger partial charge in [0.15, 0.2) is 0 Å². The van der Waals surface area contributed by atoms with Gasteiger partial charge in [-0.3, -0.25) is 4.79 Å². The predicted molar refractivity (Wildman–Crippen MR) is 69.4 cm³/mol. The summed E-state index contributed by atoms with van der Waals surface area (Å²) in [4.78, 5) is 10.7. The number of ether oxygens (including phenoxy) is 3. The third-order valence-electron chi connectivity index (χ3n) is 2.73. The number of hydrogen-bond donors (Lipinski definition) is 2. The smallest absolute Gasteiger partial charge is 0.305 e. The number of benzene rings is 1. The number of nitrogens with two attached hydrogens (primary N) is 1. The molecule has 1 atom stereocenters. The molecule has 1 aromatic carbocycles. The standard InChI is InChI=1S/C13H19NO5/c1-17-7-8-4-12(19-3)9(5-11(8)18-2)10(14)6-13(15)16/h4-5,10H,6-7,14H2,1-3H3,(H,15,16). The molecular formula is C13H19NO5. The first-order valence-electron chi connectivity index (χ1n) is 5.74. The SMILES string of the molecule is COCc1cc(OC)c(C(N)CC(=O)O)cc1OC. The van der Waals surface area contributed by atoms with Crippen molar-refractivity contribution in [3.63, 3.8) is 0 Å². The largest absolute Gasteiger partial charge is 0.496 e. The number of carboxylic acids is 1. The molecule has 0 spiro atoms. The van der Waals surface area contributed by atoms with Crippen LogP contribution in [0.1, 0.15) is 23.6 Å². The summed E-state index contributed by atoms with van der Waals surface area (Å²) in [5.41, 5.74) is 7.28. The Kier molecular flexibility index (Phi) is 5.59. The number of carboxylic acid groups (broad SMARTS) is 1. The highest BCUT2D eigenvalue weighted by molar-refractivity contribution is 5.68. The van der Waals surface area contributed by atoms with E-state index in [-0.39, 0.29) is 6.42 Å². The van der Waals surface area contributed by atoms with Crippen LogP contribution in [0.15, 0.2) is 12.1 Å². The van der Waals surface area contributed by atoms with E-state index in [0.29, 0.717) is 23.7 Å². The lowest BCUT2D eigenvalue weighted by molar-refractivity contribution is -0.137. The molecular weight excluding hydrogens is 250 g/mol. The van der Waals surface area contributed by atoms with Crippen molar-refractivity contribution in [3.8, 4) is 11.5 Å². The predicted octanol–water partition coefficient (Wildman–Crippen LogP) is 1.32. The fraction of sp³-hybridized carbons (Fsp3) is 0.462. The van der Waals surface area contributed by atoms with Gasteiger partial charge in [0.25, 0.3) is 0 Å². The van der Waals surface area contributed by atoms with Crippen molar-refractivity contribution in [1.29, 1.82) is 0 Å². The van der Waals surface area contributed by atoms with Crippen LogP contribution in [-0.2, 0) is 16.1 Å². The van der Waals surface area contributed by atoms with Crippen LogP contribution in [0.2, 0.25) is 0 Å². The maximum atomic E-state index is 10.7. The van der Waals surface area contributed by atoms with Gasteiger partial charge >= 0.3 is 5.97 Å². The minimum atomic E-state index is -0.963. The molecule has 106 valence electrons. The van der Waals surface area contributed by atoms with E-state index in [4.69, 9.17) is 25.1 Å². The van der Waals surface area contributed by atoms with Crippen LogP contribution in [-0.4, -0.2) is 32.4 Å². The number of carbonyl (C=O) groups is 1. The summed E-state index contributed by atoms with van der Waals surface area (Å²) < 4.78 is 15.6. The van der Waals surface area contributed by atoms with Crippen LogP contribution >= 0.6 is 0 Å². The van der Waals surface area contributed by atoms with Crippen molar-refractivity contribution in [2.75, 3.05) is 21.3 Å². The Balaban J connectivity index is 3.19. The Morgan fingerprint density at radius 3 is 2.37 bits per heavy atom. The second kappa shape index (κ2) is 6.96. The number of methoxy groups -OCH3 is 3. The highest BCUT2D eigenvalue weighted by atomic mass is 16.5. The molecule has 0 fully saturated rings. The van der Waals surface area contributed by atoms with Crippen LogP contribution in [0.3, 0.4) is 0 Å². The minimum Gasteiger partial charge on any atom is -0.496 e. The van der Waals surface area contributed by atoms with Crippen molar-refractivity contribution in [2.24, 2.45) is 5.73 Å². The summed E-state index contributed by atoms with van der Waals surface area (Å²) in [5, 5.41) is 8.80. The molecule has 1 rings (SSSR count). The molecule has 1 aromatic rings. The van der Waals surface area contributed by atoms with E-state index < -0.39 is 12.0 Å². The van der Waals surface area contributed by atoms with E-state index in [9.17, 15) is 4.79 Å². The van der Waals surface area contributed by atoms with Gasteiger partial charge in [0.1, 0.15) is 11.5 Å². The van der Waals surface area contributed by atoms with Crippen LogP contribution in [0, 0.1) is 0 Å². The summed E-state index contributed by atoms with van der Waals surface area (Å²) in [6.45, 7) is 0.369. The molecule has 0 aromatic heterocycles. The molecule has 0 aliphatic rings. The third-order valence-corrected chi connectivity index (χ3v) is 2.73. The van der Waals surface area contributed by atoms with E-state index in [1.807, 2.05) is 0 Å². The van der Waals surface area contributed by atoms with Gasteiger partial charge < -0.3 is 25.1 Å². The van der Waals surface area contributed by atoms with Crippen molar-refractivity contribution >= 4 is 5.97 Å². The molecule has 1 unspecified atom stereocenters. The Morgan fingerprint density at radius 2 is 1.89 bits per heavy atom. The van der Waals surface area contributed by atoms with E-state index in [0.717, 1.165) is 5.56 Å². The number of aliphatic carboxylic acids is 1. The van der Waals surface area contributed by atoms with E-state index in [1.165, 1.54) is 14.2 Å². The second-order valence-electron chi connectivity index (χ2n) is 4.04. The van der Waals surface area contributed by atoms with Crippen molar-refractivity contribution in [3.05, 3.63) is 23.3 Å². The van der Waals surface area contributed by atoms with E-state index in [1.54, 1.807) is 19.2 Å². The van der Waals surface area contributed by atoms with Crippen LogP contribution in [0.4, 0.5) is 0 Å². The molecule has 3 N–H and O–H groups in total. The first-order valence-corrected chi connectivity index (χ1v) is 5.74. The summed E-state index contributed by atoms with van der Waals surface area (Å²) in [6, 6.07) is 2.79. The number of rotatable bonds is 7. The average Bonchev–Trinajstić information content (AvgIpc) is 2.37. The molecule has 0 radical (unpaired) electrons. The first kappa shape index (κ1) is 15.3. The fourth-order valence-electron chi connectivity index (χ4n) is 1.84. The zero-order valence-electron chi connectivity index (χ0n) is 11.3. The van der Waals surface area contributed by atoms with Crippen molar-refractivity contribution in [1.82, 2.24) is 0 Å². The molecule has 6 nitrogen and oxygen atoms in total. The summed E-state index contributed by atoms with van der Waals surface area (Å²) in [7, 11) is 4.62. The first-order chi connectivity index (χ1) is 9.03. The zero-order chi connectivity index (χ0) is 14.4. The van der Waals surface area contributed by atoms with E-state index >= 15 is 0 Å². The highest BCUT2D eigenvalue weighted by Gasteiger charge is 2.18. The second-order valence-corrected chi connectivity index (χ2v) is 4.04. The normalized spacial score (nSPS) is 12.0. The van der Waals surface area contributed by atoms with E-state index in [2.05, 4.69) is 0 Å². The fourth-order valence-corrected chi connectivity index (χ4v) is 1.84. The monoisotopic (exact) mass is 269 g/mol. The van der Waals surface area contributed by atoms with Gasteiger partial charge in [-0.05, 0) is 12.1 Å². The molecule has 0 heterocycles. The zero-order valence-corrected chi connectivity index (χ0v) is 11.3. The van der Waals surface area contributed by atoms with Crippen LogP contribution < -0.4 is 15.2 Å². The van der Waals surface area contributed by atoms with Gasteiger partial charge in [-0.1, -0.05) is 0 Å². The van der Waals surface area contributed by atoms with Gasteiger partial charge in [-0.2, -0.15) is 0 Å². The molecule has 0 saturated heterocycles. The minimum absolute atomic E-state index is 0.177. The van der Waals surface area contributed by atoms with Gasteiger partial charge in [-0.25, -0.2) is 0 Å². The topological polar surface area (TPSA) is 91.0 Å².